The molecule has 9 nitrogen and oxygen atoms in total. The minimum absolute atomic E-state index is 0.220. The van der Waals surface area contributed by atoms with E-state index in [9.17, 15) is 19.2 Å². The third kappa shape index (κ3) is 9.69. The summed E-state index contributed by atoms with van der Waals surface area (Å²) < 4.78 is 0. The second-order valence-electron chi connectivity index (χ2n) is 7.62. The molecule has 1 aromatic rings. The van der Waals surface area contributed by atoms with Crippen molar-refractivity contribution in [3.63, 3.8) is 0 Å². The van der Waals surface area contributed by atoms with Crippen LogP contribution in [0.4, 0.5) is 0 Å². The van der Waals surface area contributed by atoms with Crippen LogP contribution < -0.4 is 21.7 Å². The van der Waals surface area contributed by atoms with Gasteiger partial charge >= 0.3 is 5.97 Å². The molecular formula is C22H34N4O5S. The van der Waals surface area contributed by atoms with Crippen LogP contribution in [0.1, 0.15) is 32.3 Å². The Morgan fingerprint density at radius 3 is 2.28 bits per heavy atom. The number of hydrogen-bond donors (Lipinski definition) is 5. The van der Waals surface area contributed by atoms with Crippen LogP contribution in [-0.4, -0.2) is 65.5 Å². The monoisotopic (exact) mass is 466 g/mol. The summed E-state index contributed by atoms with van der Waals surface area (Å²) in [7, 11) is 0. The third-order valence-corrected chi connectivity index (χ3v) is 5.74. The number of nitrogens with two attached hydrogens (primary N) is 1. The molecule has 10 heteroatoms. The predicted molar refractivity (Wildman–Crippen MR) is 125 cm³/mol. The number of benzene rings is 1. The van der Waals surface area contributed by atoms with Crippen LogP contribution in [0.2, 0.25) is 0 Å². The van der Waals surface area contributed by atoms with Gasteiger partial charge in [-0.25, -0.2) is 0 Å². The van der Waals surface area contributed by atoms with Crippen LogP contribution in [-0.2, 0) is 25.6 Å². The van der Waals surface area contributed by atoms with E-state index in [1.807, 2.05) is 43.5 Å². The molecular weight excluding hydrogens is 432 g/mol. The van der Waals surface area contributed by atoms with Crippen molar-refractivity contribution in [3.8, 4) is 0 Å². The molecule has 0 saturated heterocycles. The molecule has 0 heterocycles. The molecule has 178 valence electrons. The van der Waals surface area contributed by atoms with Crippen molar-refractivity contribution in [2.45, 2.75) is 51.2 Å². The highest BCUT2D eigenvalue weighted by atomic mass is 32.2. The number of carbonyl (C=O) groups is 4. The number of carboxylic acids is 1. The van der Waals surface area contributed by atoms with E-state index < -0.39 is 48.4 Å². The lowest BCUT2D eigenvalue weighted by molar-refractivity contribution is -0.139. The quantitative estimate of drug-likeness (QED) is 0.268. The van der Waals surface area contributed by atoms with Crippen molar-refractivity contribution in [1.82, 2.24) is 16.0 Å². The Morgan fingerprint density at radius 2 is 1.72 bits per heavy atom. The van der Waals surface area contributed by atoms with Gasteiger partial charge in [-0.05, 0) is 29.9 Å². The number of hydrogen-bond acceptors (Lipinski definition) is 6. The van der Waals surface area contributed by atoms with Gasteiger partial charge < -0.3 is 26.8 Å². The normalized spacial score (nSPS) is 14.5. The Labute approximate surface area is 193 Å². The number of rotatable bonds is 14. The van der Waals surface area contributed by atoms with Crippen LogP contribution >= 0.6 is 11.8 Å². The fourth-order valence-electron chi connectivity index (χ4n) is 2.94. The summed E-state index contributed by atoms with van der Waals surface area (Å²) in [5.41, 5.74) is 6.79. The van der Waals surface area contributed by atoms with Crippen molar-refractivity contribution in [2.75, 3.05) is 18.6 Å². The van der Waals surface area contributed by atoms with Crippen molar-refractivity contribution in [3.05, 3.63) is 35.9 Å². The molecule has 0 aromatic heterocycles. The van der Waals surface area contributed by atoms with E-state index in [2.05, 4.69) is 16.0 Å². The van der Waals surface area contributed by atoms with Gasteiger partial charge in [0.1, 0.15) is 18.6 Å². The molecule has 0 aliphatic carbocycles. The third-order valence-electron chi connectivity index (χ3n) is 5.09. The maximum Gasteiger partial charge on any atom is 0.322 e. The number of carboxylic acid groups (broad SMARTS) is 1. The zero-order valence-corrected chi connectivity index (χ0v) is 19.6. The molecule has 0 aliphatic heterocycles. The molecule has 0 spiro atoms. The minimum atomic E-state index is -1.18. The molecule has 1 rings (SSSR count). The first-order valence-electron chi connectivity index (χ1n) is 10.6. The molecule has 0 fully saturated rings. The van der Waals surface area contributed by atoms with Crippen molar-refractivity contribution < 1.29 is 24.3 Å². The van der Waals surface area contributed by atoms with Crippen molar-refractivity contribution in [2.24, 2.45) is 11.7 Å². The van der Waals surface area contributed by atoms with Crippen molar-refractivity contribution in [1.29, 1.82) is 0 Å². The van der Waals surface area contributed by atoms with Crippen LogP contribution in [0, 0.1) is 5.92 Å². The molecule has 32 heavy (non-hydrogen) atoms. The first kappa shape index (κ1) is 27.4. The summed E-state index contributed by atoms with van der Waals surface area (Å²) in [4.78, 5) is 49.0. The summed E-state index contributed by atoms with van der Waals surface area (Å²) >= 11 is 1.57. The van der Waals surface area contributed by atoms with Gasteiger partial charge in [-0.15, -0.1) is 0 Å². The van der Waals surface area contributed by atoms with E-state index in [0.29, 0.717) is 18.6 Å². The van der Waals surface area contributed by atoms with Gasteiger partial charge in [0, 0.05) is 6.42 Å². The highest BCUT2D eigenvalue weighted by Gasteiger charge is 2.30. The Hall–Kier alpha value is -2.59. The van der Waals surface area contributed by atoms with E-state index in [4.69, 9.17) is 10.8 Å². The molecule has 3 amide bonds. The highest BCUT2D eigenvalue weighted by Crippen LogP contribution is 2.10. The van der Waals surface area contributed by atoms with E-state index in [-0.39, 0.29) is 12.3 Å². The standard InChI is InChI=1S/C22H34N4O5S/c1-4-14(2)19(22(31)24-13-18(27)28)26-21(30)17(12-15-8-6-5-7-9-15)25-20(29)16(23)10-11-32-3/h5-9,14,16-17,19H,4,10-13,23H2,1-3H3,(H,24,31)(H,25,29)(H,26,30)(H,27,28). The first-order chi connectivity index (χ1) is 15.2. The average molecular weight is 467 g/mol. The lowest BCUT2D eigenvalue weighted by Crippen LogP contribution is -2.58. The number of carbonyl (C=O) groups excluding carboxylic acids is 3. The molecule has 6 N–H and O–H groups in total. The van der Waals surface area contributed by atoms with Gasteiger partial charge in [-0.2, -0.15) is 11.8 Å². The lowest BCUT2D eigenvalue weighted by atomic mass is 9.97. The summed E-state index contributed by atoms with van der Waals surface area (Å²) in [6.07, 6.45) is 3.19. The van der Waals surface area contributed by atoms with Crippen molar-refractivity contribution >= 4 is 35.5 Å². The number of amides is 3. The molecule has 4 atom stereocenters. The number of aliphatic carboxylic acids is 1. The second kappa shape index (κ2) is 14.5. The molecule has 1 aromatic carbocycles. The largest absolute Gasteiger partial charge is 0.480 e. The zero-order valence-electron chi connectivity index (χ0n) is 18.8. The summed E-state index contributed by atoms with van der Waals surface area (Å²) in [5.74, 6) is -2.27. The highest BCUT2D eigenvalue weighted by molar-refractivity contribution is 7.98. The SMILES string of the molecule is CCC(C)C(NC(=O)C(Cc1ccccc1)NC(=O)C(N)CCSC)C(=O)NCC(=O)O. The Kier molecular flexibility index (Phi) is 12.4. The molecule has 0 radical (unpaired) electrons. The van der Waals surface area contributed by atoms with Crippen LogP contribution in [0.3, 0.4) is 0 Å². The van der Waals surface area contributed by atoms with Crippen LogP contribution in [0.15, 0.2) is 30.3 Å². The van der Waals surface area contributed by atoms with Gasteiger partial charge in [-0.3, -0.25) is 19.2 Å². The number of nitrogens with one attached hydrogen (secondary N) is 3. The van der Waals surface area contributed by atoms with Gasteiger partial charge in [0.15, 0.2) is 0 Å². The van der Waals surface area contributed by atoms with Gasteiger partial charge in [0.05, 0.1) is 6.04 Å². The Bertz CT molecular complexity index is 762. The van der Waals surface area contributed by atoms with E-state index in [0.717, 1.165) is 5.56 Å². The molecule has 4 unspecified atom stereocenters. The maximum absolute atomic E-state index is 13.1. The van der Waals surface area contributed by atoms with Crippen LogP contribution in [0.25, 0.3) is 0 Å². The summed E-state index contributed by atoms with van der Waals surface area (Å²) in [5, 5.41) is 16.5. The fourth-order valence-corrected chi connectivity index (χ4v) is 3.43. The van der Waals surface area contributed by atoms with Gasteiger partial charge in [0.25, 0.3) is 0 Å². The summed E-state index contributed by atoms with van der Waals surface area (Å²) in [6, 6.07) is 6.56. The fraction of sp³-hybridized carbons (Fsp3) is 0.545. The topological polar surface area (TPSA) is 151 Å². The average Bonchev–Trinajstić information content (AvgIpc) is 2.78. The van der Waals surface area contributed by atoms with E-state index in [1.165, 1.54) is 0 Å². The molecule has 0 saturated carbocycles. The van der Waals surface area contributed by atoms with Gasteiger partial charge in [0.2, 0.25) is 17.7 Å². The minimum Gasteiger partial charge on any atom is -0.480 e. The zero-order chi connectivity index (χ0) is 24.1. The lowest BCUT2D eigenvalue weighted by Gasteiger charge is -2.27. The van der Waals surface area contributed by atoms with E-state index in [1.54, 1.807) is 18.7 Å². The van der Waals surface area contributed by atoms with E-state index >= 15 is 0 Å². The van der Waals surface area contributed by atoms with Gasteiger partial charge in [-0.1, -0.05) is 50.6 Å². The molecule has 0 bridgehead atoms. The Balaban J connectivity index is 3.00. The number of thioether (sulfide) groups is 1. The summed E-state index contributed by atoms with van der Waals surface area (Å²) in [6.45, 7) is 3.10. The Morgan fingerprint density at radius 1 is 1.06 bits per heavy atom. The molecule has 0 aliphatic rings. The maximum atomic E-state index is 13.1. The first-order valence-corrected chi connectivity index (χ1v) is 12.0. The predicted octanol–water partition coefficient (Wildman–Crippen LogP) is 0.526. The second-order valence-corrected chi connectivity index (χ2v) is 8.61. The smallest absolute Gasteiger partial charge is 0.322 e. The van der Waals surface area contributed by atoms with Crippen LogP contribution in [0.5, 0.6) is 0 Å².